The van der Waals surface area contributed by atoms with Gasteiger partial charge >= 0.3 is 0 Å². The van der Waals surface area contributed by atoms with E-state index in [0.29, 0.717) is 30.4 Å². The highest BCUT2D eigenvalue weighted by Crippen LogP contribution is 2.21. The molecule has 5 atom stereocenters. The number of hydrogen-bond acceptors (Lipinski definition) is 11. The molecule has 1 aliphatic rings. The van der Waals surface area contributed by atoms with Crippen molar-refractivity contribution < 1.29 is 48.9 Å². The SMILES string of the molecule is NC(=O)[C@H](CO)NC(=O)[C@@H]1CCCN1C(=O)[C@H](Cc1ccc(O)cc1)NC(=O)CNC(=O)[C@H](Cc1ccccc1)NC(=O)[C@@H](CCCN=C(N)N)NC(=O)CCc1ccc(O)cc1. The van der Waals surface area contributed by atoms with Gasteiger partial charge in [-0.15, -0.1) is 0 Å². The number of likely N-dealkylation sites (tertiary alicyclic amines) is 1. The first-order valence-electron chi connectivity index (χ1n) is 20.5. The lowest BCUT2D eigenvalue weighted by molar-refractivity contribution is -0.142. The molecular weight excluding hydrogens is 817 g/mol. The molecule has 1 fully saturated rings. The van der Waals surface area contributed by atoms with Crippen LogP contribution in [0.4, 0.5) is 0 Å². The lowest BCUT2D eigenvalue weighted by atomic mass is 10.0. The molecule has 0 unspecified atom stereocenters. The molecule has 1 saturated heterocycles. The normalized spacial score (nSPS) is 15.1. The Bertz CT molecular complexity index is 2060. The highest BCUT2D eigenvalue weighted by Gasteiger charge is 2.39. The van der Waals surface area contributed by atoms with Crippen LogP contribution >= 0.6 is 0 Å². The molecule has 0 bridgehead atoms. The number of aliphatic imine (C=N–C) groups is 1. The van der Waals surface area contributed by atoms with Crippen molar-refractivity contribution in [2.75, 3.05) is 26.2 Å². The first kappa shape index (κ1) is 48.4. The van der Waals surface area contributed by atoms with Crippen molar-refractivity contribution in [2.24, 2.45) is 22.2 Å². The average Bonchev–Trinajstić information content (AvgIpc) is 3.76. The van der Waals surface area contributed by atoms with Crippen molar-refractivity contribution in [3.63, 3.8) is 0 Å². The van der Waals surface area contributed by atoms with Crippen molar-refractivity contribution in [3.8, 4) is 11.5 Å². The van der Waals surface area contributed by atoms with Gasteiger partial charge in [-0.3, -0.25) is 38.6 Å². The molecule has 0 spiro atoms. The third-order valence-electron chi connectivity index (χ3n) is 10.2. The van der Waals surface area contributed by atoms with Crippen LogP contribution in [0.2, 0.25) is 0 Å². The number of amides is 7. The van der Waals surface area contributed by atoms with Crippen LogP contribution in [0.5, 0.6) is 11.5 Å². The van der Waals surface area contributed by atoms with Gasteiger partial charge in [0.1, 0.15) is 41.7 Å². The summed E-state index contributed by atoms with van der Waals surface area (Å²) in [6.45, 7) is -1.06. The Balaban J connectivity index is 1.48. The topological polar surface area (TPSA) is 334 Å². The lowest BCUT2D eigenvalue weighted by Crippen LogP contribution is -2.58. The van der Waals surface area contributed by atoms with Crippen molar-refractivity contribution in [3.05, 3.63) is 95.6 Å². The molecule has 14 N–H and O–H groups in total. The number of carbonyl (C=O) groups is 7. The number of nitrogens with one attached hydrogen (secondary N) is 5. The summed E-state index contributed by atoms with van der Waals surface area (Å²) in [5.74, 6) is -5.04. The molecular formula is C43H56N10O10. The molecule has 7 amide bonds. The highest BCUT2D eigenvalue weighted by molar-refractivity contribution is 5.96. The van der Waals surface area contributed by atoms with Gasteiger partial charge in [-0.1, -0.05) is 54.6 Å². The first-order valence-corrected chi connectivity index (χ1v) is 20.5. The molecule has 1 aliphatic heterocycles. The average molecular weight is 873 g/mol. The molecule has 0 saturated carbocycles. The van der Waals surface area contributed by atoms with Gasteiger partial charge in [-0.2, -0.15) is 0 Å². The summed E-state index contributed by atoms with van der Waals surface area (Å²) >= 11 is 0. The van der Waals surface area contributed by atoms with Gasteiger partial charge < -0.3 is 64.0 Å². The van der Waals surface area contributed by atoms with E-state index in [4.69, 9.17) is 17.2 Å². The summed E-state index contributed by atoms with van der Waals surface area (Å²) in [4.78, 5) is 98.4. The number of aromatic hydroxyl groups is 2. The van der Waals surface area contributed by atoms with E-state index >= 15 is 0 Å². The van der Waals surface area contributed by atoms with Crippen LogP contribution in [0.1, 0.15) is 48.8 Å². The second kappa shape index (κ2) is 24.3. The second-order valence-corrected chi connectivity index (χ2v) is 15.0. The zero-order chi connectivity index (χ0) is 45.9. The summed E-state index contributed by atoms with van der Waals surface area (Å²) in [6.07, 6.45) is 1.35. The van der Waals surface area contributed by atoms with Crippen LogP contribution in [-0.4, -0.2) is 124 Å². The van der Waals surface area contributed by atoms with Crippen LogP contribution in [0.3, 0.4) is 0 Å². The number of aliphatic hydroxyl groups is 1. The zero-order valence-corrected chi connectivity index (χ0v) is 34.7. The van der Waals surface area contributed by atoms with E-state index in [1.54, 1.807) is 54.6 Å². The monoisotopic (exact) mass is 872 g/mol. The van der Waals surface area contributed by atoms with Gasteiger partial charge in [-0.05, 0) is 73.1 Å². The number of nitrogens with two attached hydrogens (primary N) is 3. The van der Waals surface area contributed by atoms with E-state index in [0.717, 1.165) is 5.56 Å². The van der Waals surface area contributed by atoms with E-state index in [1.165, 1.54) is 29.2 Å². The van der Waals surface area contributed by atoms with Crippen LogP contribution in [0.25, 0.3) is 0 Å². The predicted octanol–water partition coefficient (Wildman–Crippen LogP) is -1.91. The number of primary amides is 1. The molecule has 20 heteroatoms. The fourth-order valence-electron chi connectivity index (χ4n) is 6.87. The highest BCUT2D eigenvalue weighted by atomic mass is 16.3. The third kappa shape index (κ3) is 16.0. The maximum absolute atomic E-state index is 14.1. The third-order valence-corrected chi connectivity index (χ3v) is 10.2. The number of phenols is 2. The van der Waals surface area contributed by atoms with E-state index in [1.807, 2.05) is 0 Å². The summed E-state index contributed by atoms with van der Waals surface area (Å²) in [7, 11) is 0. The standard InChI is InChI=1S/C43H56N10O10/c44-38(59)34(25-54)52-41(62)35-9-5-21-53(35)42(63)33(23-28-12-17-30(56)18-13-28)50-37(58)24-48-39(60)32(22-27-6-2-1-3-7-27)51-40(61)31(8-4-20-47-43(45)46)49-36(57)19-14-26-10-15-29(55)16-11-26/h1-3,6-7,10-13,15-18,31-35,54-56H,4-5,8-9,14,19-25H2,(H2,44,59)(H,48,60)(H,49,57)(H,50,58)(H,51,61)(H,52,62)(H4,45,46,47)/t31-,32+,33+,34+,35+/m1/s1. The van der Waals surface area contributed by atoms with E-state index in [-0.39, 0.29) is 62.7 Å². The Morgan fingerprint density at radius 1 is 0.698 bits per heavy atom. The Morgan fingerprint density at radius 2 is 1.30 bits per heavy atom. The van der Waals surface area contributed by atoms with Crippen molar-refractivity contribution in [2.45, 2.75) is 81.6 Å². The maximum Gasteiger partial charge on any atom is 0.246 e. The summed E-state index contributed by atoms with van der Waals surface area (Å²) in [5, 5.41) is 41.9. The van der Waals surface area contributed by atoms with E-state index in [2.05, 4.69) is 31.6 Å². The zero-order valence-electron chi connectivity index (χ0n) is 34.7. The Morgan fingerprint density at radius 3 is 1.92 bits per heavy atom. The van der Waals surface area contributed by atoms with Gasteiger partial charge in [0.15, 0.2) is 5.96 Å². The fourth-order valence-corrected chi connectivity index (χ4v) is 6.87. The molecule has 1 heterocycles. The molecule has 0 aliphatic carbocycles. The lowest BCUT2D eigenvalue weighted by Gasteiger charge is -2.29. The molecule has 3 aromatic carbocycles. The first-order chi connectivity index (χ1) is 30.1. The Labute approximate surface area is 364 Å². The Kier molecular flexibility index (Phi) is 18.7. The molecule has 0 radical (unpaired) electrons. The predicted molar refractivity (Wildman–Crippen MR) is 230 cm³/mol. The molecule has 63 heavy (non-hydrogen) atoms. The summed E-state index contributed by atoms with van der Waals surface area (Å²) in [6, 6.07) is 15.1. The van der Waals surface area contributed by atoms with E-state index in [9.17, 15) is 48.9 Å². The van der Waals surface area contributed by atoms with Crippen molar-refractivity contribution in [1.82, 2.24) is 31.5 Å². The quantitative estimate of drug-likeness (QED) is 0.0283. The van der Waals surface area contributed by atoms with Crippen molar-refractivity contribution >= 4 is 47.3 Å². The van der Waals surface area contributed by atoms with Crippen molar-refractivity contribution in [1.29, 1.82) is 0 Å². The number of aliphatic hydroxyl groups excluding tert-OH is 1. The minimum absolute atomic E-state index is 0.00280. The van der Waals surface area contributed by atoms with Gasteiger partial charge in [-0.25, -0.2) is 0 Å². The molecule has 20 nitrogen and oxygen atoms in total. The number of benzene rings is 3. The fraction of sp³-hybridized carbons (Fsp3) is 0.395. The number of rotatable bonds is 23. The maximum atomic E-state index is 14.1. The minimum Gasteiger partial charge on any atom is -0.508 e. The van der Waals surface area contributed by atoms with Crippen LogP contribution < -0.4 is 43.8 Å². The number of aryl methyl sites for hydroxylation is 1. The smallest absolute Gasteiger partial charge is 0.246 e. The number of phenolic OH excluding ortho intramolecular Hbond substituents is 2. The largest absolute Gasteiger partial charge is 0.508 e. The van der Waals surface area contributed by atoms with Gasteiger partial charge in [0, 0.05) is 32.4 Å². The second-order valence-electron chi connectivity index (χ2n) is 15.0. The van der Waals surface area contributed by atoms with Gasteiger partial charge in [0.2, 0.25) is 41.4 Å². The van der Waals surface area contributed by atoms with Gasteiger partial charge in [0.25, 0.3) is 0 Å². The van der Waals surface area contributed by atoms with Crippen LogP contribution in [0.15, 0.2) is 83.9 Å². The van der Waals surface area contributed by atoms with Crippen LogP contribution in [0, 0.1) is 0 Å². The molecule has 4 rings (SSSR count). The minimum atomic E-state index is -1.37. The number of hydrogen-bond donors (Lipinski definition) is 11. The van der Waals surface area contributed by atoms with Crippen LogP contribution in [-0.2, 0) is 52.8 Å². The molecule has 3 aromatic rings. The van der Waals surface area contributed by atoms with E-state index < -0.39 is 84.7 Å². The molecule has 338 valence electrons. The Hall–Kier alpha value is -7.22. The van der Waals surface area contributed by atoms with Gasteiger partial charge in [0.05, 0.1) is 13.2 Å². The number of carbonyl (C=O) groups excluding carboxylic acids is 7. The molecule has 0 aromatic heterocycles. The number of nitrogens with zero attached hydrogens (tertiary/aromatic N) is 2. The summed E-state index contributed by atoms with van der Waals surface area (Å²) in [5.41, 5.74) is 18.2. The summed E-state index contributed by atoms with van der Waals surface area (Å²) < 4.78 is 0. The number of guanidine groups is 1.